The predicted octanol–water partition coefficient (Wildman–Crippen LogP) is 4.01. The Morgan fingerprint density at radius 2 is 1.55 bits per heavy atom. The number of aryl methyl sites for hydroxylation is 2. The third-order valence-electron chi connectivity index (χ3n) is 3.50. The van der Waals surface area contributed by atoms with Gasteiger partial charge in [-0.3, -0.25) is 0 Å². The van der Waals surface area contributed by atoms with Gasteiger partial charge < -0.3 is 9.84 Å². The van der Waals surface area contributed by atoms with Gasteiger partial charge in [-0.15, -0.1) is 0 Å². The Morgan fingerprint density at radius 1 is 0.909 bits per heavy atom. The van der Waals surface area contributed by atoms with Crippen molar-refractivity contribution in [2.24, 2.45) is 0 Å². The second kappa shape index (κ2) is 6.43. The molecule has 4 heteroatoms. The molecular weight excluding hydrogens is 274 g/mol. The summed E-state index contributed by atoms with van der Waals surface area (Å²) in [5.74, 6) is 1.29. The minimum atomic E-state index is 0.574. The summed E-state index contributed by atoms with van der Waals surface area (Å²) in [5.41, 5.74) is 4.53. The van der Waals surface area contributed by atoms with E-state index in [-0.39, 0.29) is 0 Å². The molecule has 22 heavy (non-hydrogen) atoms. The van der Waals surface area contributed by atoms with Crippen molar-refractivity contribution >= 4 is 5.69 Å². The van der Waals surface area contributed by atoms with Crippen molar-refractivity contribution in [2.75, 3.05) is 11.9 Å². The molecule has 1 aromatic heterocycles. The van der Waals surface area contributed by atoms with Crippen LogP contribution in [0.5, 0.6) is 0 Å². The summed E-state index contributed by atoms with van der Waals surface area (Å²) < 4.78 is 5.32. The van der Waals surface area contributed by atoms with Crippen molar-refractivity contribution in [1.29, 1.82) is 0 Å². The number of hydrogen-bond acceptors (Lipinski definition) is 4. The minimum Gasteiger partial charge on any atom is -0.385 e. The largest absolute Gasteiger partial charge is 0.385 e. The third kappa shape index (κ3) is 3.52. The molecule has 0 aliphatic carbocycles. The summed E-state index contributed by atoms with van der Waals surface area (Å²) in [7, 11) is 0. The molecule has 0 atom stereocenters. The number of nitrogens with zero attached hydrogens (tertiary/aromatic N) is 2. The standard InChI is InChI=1S/C18H19N3O/c1-13-3-7-15(8-4-13)18-20-17(21-22-18)11-12-19-16-9-5-14(2)6-10-16/h3-10,19H,11-12H2,1-2H3. The summed E-state index contributed by atoms with van der Waals surface area (Å²) in [6.45, 7) is 4.91. The van der Waals surface area contributed by atoms with Crippen LogP contribution in [0.3, 0.4) is 0 Å². The fourth-order valence-electron chi connectivity index (χ4n) is 2.16. The summed E-state index contributed by atoms with van der Waals surface area (Å²) in [6.07, 6.45) is 0.725. The van der Waals surface area contributed by atoms with Crippen molar-refractivity contribution in [3.63, 3.8) is 0 Å². The number of aromatic nitrogens is 2. The molecule has 112 valence electrons. The van der Waals surface area contributed by atoms with Crippen LogP contribution in [0.2, 0.25) is 0 Å². The Bertz CT molecular complexity index is 730. The van der Waals surface area contributed by atoms with E-state index in [1.165, 1.54) is 11.1 Å². The van der Waals surface area contributed by atoms with Gasteiger partial charge in [-0.25, -0.2) is 0 Å². The molecule has 0 unspecified atom stereocenters. The number of anilines is 1. The topological polar surface area (TPSA) is 51.0 Å². The zero-order valence-corrected chi connectivity index (χ0v) is 12.8. The van der Waals surface area contributed by atoms with Crippen LogP contribution in [0, 0.1) is 13.8 Å². The quantitative estimate of drug-likeness (QED) is 0.772. The summed E-state index contributed by atoms with van der Waals surface area (Å²) >= 11 is 0. The van der Waals surface area contributed by atoms with E-state index in [1.54, 1.807) is 0 Å². The van der Waals surface area contributed by atoms with E-state index in [0.29, 0.717) is 5.89 Å². The average molecular weight is 293 g/mol. The molecule has 0 amide bonds. The van der Waals surface area contributed by atoms with Crippen LogP contribution in [0.1, 0.15) is 17.0 Å². The van der Waals surface area contributed by atoms with Crippen molar-refractivity contribution in [1.82, 2.24) is 10.1 Å². The minimum absolute atomic E-state index is 0.574. The van der Waals surface area contributed by atoms with Crippen LogP contribution in [0.4, 0.5) is 5.69 Å². The number of benzene rings is 2. The second-order valence-corrected chi connectivity index (χ2v) is 5.42. The molecule has 4 nitrogen and oxygen atoms in total. The Kier molecular flexibility index (Phi) is 4.19. The van der Waals surface area contributed by atoms with Gasteiger partial charge in [0.25, 0.3) is 5.89 Å². The molecular formula is C18H19N3O. The van der Waals surface area contributed by atoms with Crippen molar-refractivity contribution in [3.05, 3.63) is 65.5 Å². The van der Waals surface area contributed by atoms with E-state index in [1.807, 2.05) is 24.3 Å². The Hall–Kier alpha value is -2.62. The van der Waals surface area contributed by atoms with Crippen LogP contribution in [-0.4, -0.2) is 16.7 Å². The maximum Gasteiger partial charge on any atom is 0.257 e. The fourth-order valence-corrected chi connectivity index (χ4v) is 2.16. The summed E-state index contributed by atoms with van der Waals surface area (Å²) in [6, 6.07) is 16.4. The predicted molar refractivity (Wildman–Crippen MR) is 87.8 cm³/mol. The first-order valence-corrected chi connectivity index (χ1v) is 7.41. The van der Waals surface area contributed by atoms with E-state index >= 15 is 0 Å². The molecule has 0 aliphatic rings. The lowest BCUT2D eigenvalue weighted by Gasteiger charge is -2.04. The summed E-state index contributed by atoms with van der Waals surface area (Å²) in [4.78, 5) is 4.44. The second-order valence-electron chi connectivity index (χ2n) is 5.42. The van der Waals surface area contributed by atoms with Crippen LogP contribution < -0.4 is 5.32 Å². The molecule has 0 spiro atoms. The number of nitrogens with one attached hydrogen (secondary N) is 1. The lowest BCUT2D eigenvalue weighted by Crippen LogP contribution is -2.05. The molecule has 0 saturated carbocycles. The highest BCUT2D eigenvalue weighted by Gasteiger charge is 2.08. The Morgan fingerprint density at radius 3 is 2.23 bits per heavy atom. The van der Waals surface area contributed by atoms with Crippen LogP contribution in [-0.2, 0) is 6.42 Å². The van der Waals surface area contributed by atoms with Crippen molar-refractivity contribution in [2.45, 2.75) is 20.3 Å². The SMILES string of the molecule is Cc1ccc(NCCc2noc(-c3ccc(C)cc3)n2)cc1. The lowest BCUT2D eigenvalue weighted by molar-refractivity contribution is 0.423. The van der Waals surface area contributed by atoms with Gasteiger partial charge in [-0.1, -0.05) is 40.5 Å². The van der Waals surface area contributed by atoms with Gasteiger partial charge in [0.1, 0.15) is 0 Å². The zero-order chi connectivity index (χ0) is 15.4. The first kappa shape index (κ1) is 14.3. The monoisotopic (exact) mass is 293 g/mol. The maximum atomic E-state index is 5.32. The Labute approximate surface area is 130 Å². The molecule has 1 heterocycles. The molecule has 3 rings (SSSR count). The van der Waals surface area contributed by atoms with Crippen LogP contribution in [0.15, 0.2) is 53.1 Å². The lowest BCUT2D eigenvalue weighted by atomic mass is 10.1. The average Bonchev–Trinajstić information content (AvgIpc) is 2.99. The van der Waals surface area contributed by atoms with Crippen LogP contribution >= 0.6 is 0 Å². The highest BCUT2D eigenvalue weighted by atomic mass is 16.5. The molecule has 0 radical (unpaired) electrons. The third-order valence-corrected chi connectivity index (χ3v) is 3.50. The molecule has 0 fully saturated rings. The fraction of sp³-hybridized carbons (Fsp3) is 0.222. The molecule has 0 bridgehead atoms. The highest BCUT2D eigenvalue weighted by molar-refractivity contribution is 5.53. The van der Waals surface area contributed by atoms with Gasteiger partial charge in [0.05, 0.1) is 0 Å². The first-order chi connectivity index (χ1) is 10.7. The van der Waals surface area contributed by atoms with Crippen molar-refractivity contribution in [3.8, 4) is 11.5 Å². The van der Waals surface area contributed by atoms with Gasteiger partial charge >= 0.3 is 0 Å². The molecule has 2 aromatic carbocycles. The normalized spacial score (nSPS) is 10.6. The summed E-state index contributed by atoms with van der Waals surface area (Å²) in [5, 5.41) is 7.39. The highest BCUT2D eigenvalue weighted by Crippen LogP contribution is 2.17. The van der Waals surface area contributed by atoms with Gasteiger partial charge in [0.2, 0.25) is 0 Å². The van der Waals surface area contributed by atoms with E-state index in [0.717, 1.165) is 30.0 Å². The van der Waals surface area contributed by atoms with E-state index in [4.69, 9.17) is 4.52 Å². The van der Waals surface area contributed by atoms with Gasteiger partial charge in [-0.2, -0.15) is 4.98 Å². The molecule has 3 aromatic rings. The van der Waals surface area contributed by atoms with Gasteiger partial charge in [0, 0.05) is 24.2 Å². The first-order valence-electron chi connectivity index (χ1n) is 7.41. The zero-order valence-electron chi connectivity index (χ0n) is 12.8. The van der Waals surface area contributed by atoms with E-state index in [9.17, 15) is 0 Å². The van der Waals surface area contributed by atoms with Gasteiger partial charge in [-0.05, 0) is 38.1 Å². The number of rotatable bonds is 5. The van der Waals surface area contributed by atoms with Gasteiger partial charge in [0.15, 0.2) is 5.82 Å². The molecule has 1 N–H and O–H groups in total. The van der Waals surface area contributed by atoms with E-state index in [2.05, 4.69) is 53.6 Å². The smallest absolute Gasteiger partial charge is 0.257 e. The Balaban J connectivity index is 1.57. The molecule has 0 aliphatic heterocycles. The van der Waals surface area contributed by atoms with Crippen molar-refractivity contribution < 1.29 is 4.52 Å². The molecule has 0 saturated heterocycles. The van der Waals surface area contributed by atoms with Crippen LogP contribution in [0.25, 0.3) is 11.5 Å². The van der Waals surface area contributed by atoms with E-state index < -0.39 is 0 Å². The number of hydrogen-bond donors (Lipinski definition) is 1. The maximum absolute atomic E-state index is 5.32.